The minimum Gasteiger partial charge on any atom is -0.467 e. The monoisotopic (exact) mass is 299 g/mol. The Bertz CT molecular complexity index is 648. The van der Waals surface area contributed by atoms with Gasteiger partial charge in [0, 0.05) is 18.0 Å². The third kappa shape index (κ3) is 3.22. The predicted octanol–water partition coefficient (Wildman–Crippen LogP) is 3.01. The van der Waals surface area contributed by atoms with Gasteiger partial charge in [-0.1, -0.05) is 6.07 Å². The molecule has 22 heavy (non-hydrogen) atoms. The molecule has 0 radical (unpaired) electrons. The molecule has 1 aromatic carbocycles. The van der Waals surface area contributed by atoms with Gasteiger partial charge >= 0.3 is 0 Å². The van der Waals surface area contributed by atoms with E-state index in [2.05, 4.69) is 11.4 Å². The molecule has 1 amide bonds. The number of aliphatic hydroxyl groups excluding tert-OH is 1. The minimum absolute atomic E-state index is 0.0890. The van der Waals surface area contributed by atoms with Crippen molar-refractivity contribution in [3.63, 3.8) is 0 Å². The lowest BCUT2D eigenvalue weighted by atomic mass is 10.0. The molecule has 116 valence electrons. The largest absolute Gasteiger partial charge is 0.467 e. The number of carbonyl (C=O) groups is 1. The first kappa shape index (κ1) is 14.9. The van der Waals surface area contributed by atoms with Crippen molar-refractivity contribution < 1.29 is 14.3 Å². The third-order valence-electron chi connectivity index (χ3n) is 4.19. The van der Waals surface area contributed by atoms with Crippen LogP contribution in [0.5, 0.6) is 0 Å². The van der Waals surface area contributed by atoms with E-state index in [0.717, 1.165) is 12.8 Å². The summed E-state index contributed by atoms with van der Waals surface area (Å²) in [5.74, 6) is 0.437. The van der Waals surface area contributed by atoms with E-state index < -0.39 is 6.10 Å². The Morgan fingerprint density at radius 1 is 1.32 bits per heavy atom. The molecule has 2 N–H and O–H groups in total. The summed E-state index contributed by atoms with van der Waals surface area (Å²) >= 11 is 0. The van der Waals surface area contributed by atoms with Crippen LogP contribution in [-0.4, -0.2) is 17.1 Å². The fraction of sp³-hybridized carbons (Fsp3) is 0.389. The van der Waals surface area contributed by atoms with Gasteiger partial charge < -0.3 is 14.8 Å². The van der Waals surface area contributed by atoms with Gasteiger partial charge in [-0.25, -0.2) is 0 Å². The summed E-state index contributed by atoms with van der Waals surface area (Å²) in [5, 5.41) is 13.0. The van der Waals surface area contributed by atoms with Crippen molar-refractivity contribution in [3.8, 4) is 0 Å². The number of hydrogen-bond acceptors (Lipinski definition) is 3. The summed E-state index contributed by atoms with van der Waals surface area (Å²) in [5.41, 5.74) is 3.34. The van der Waals surface area contributed by atoms with Crippen LogP contribution in [0.25, 0.3) is 0 Å². The number of aliphatic hydroxyl groups is 1. The van der Waals surface area contributed by atoms with Gasteiger partial charge in [-0.2, -0.15) is 0 Å². The highest BCUT2D eigenvalue weighted by Gasteiger charge is 2.18. The average molecular weight is 299 g/mol. The molecule has 0 spiro atoms. The molecule has 1 aliphatic rings. The van der Waals surface area contributed by atoms with Crippen LogP contribution >= 0.6 is 0 Å². The lowest BCUT2D eigenvalue weighted by Gasteiger charge is -2.17. The maximum absolute atomic E-state index is 12.3. The fourth-order valence-electron chi connectivity index (χ4n) is 3.01. The molecule has 3 rings (SSSR count). The van der Waals surface area contributed by atoms with Crippen molar-refractivity contribution in [2.24, 2.45) is 0 Å². The number of furan rings is 1. The second-order valence-electron chi connectivity index (χ2n) is 5.98. The van der Waals surface area contributed by atoms with E-state index in [1.165, 1.54) is 23.8 Å². The van der Waals surface area contributed by atoms with Crippen molar-refractivity contribution in [2.45, 2.75) is 44.8 Å². The first-order chi connectivity index (χ1) is 10.6. The molecule has 0 fully saturated rings. The van der Waals surface area contributed by atoms with E-state index in [4.69, 9.17) is 4.42 Å². The normalized spacial score (nSPS) is 16.1. The maximum Gasteiger partial charge on any atom is 0.251 e. The number of benzene rings is 1. The zero-order chi connectivity index (χ0) is 15.5. The van der Waals surface area contributed by atoms with Crippen molar-refractivity contribution in [1.82, 2.24) is 5.32 Å². The van der Waals surface area contributed by atoms with Crippen LogP contribution < -0.4 is 5.32 Å². The number of amides is 1. The molecular weight excluding hydrogens is 278 g/mol. The van der Waals surface area contributed by atoms with Crippen molar-refractivity contribution in [3.05, 3.63) is 59.0 Å². The van der Waals surface area contributed by atoms with Crippen LogP contribution in [0.15, 0.2) is 41.0 Å². The molecule has 0 saturated heterocycles. The molecule has 0 aliphatic heterocycles. The highest BCUT2D eigenvalue weighted by Crippen LogP contribution is 2.23. The summed E-state index contributed by atoms with van der Waals surface area (Å²) in [4.78, 5) is 12.3. The Hall–Kier alpha value is -2.07. The SMILES string of the molecule is CC(CC(O)c1ccco1)NC(=O)c1ccc2c(c1)CCC2. The summed E-state index contributed by atoms with van der Waals surface area (Å²) in [6.07, 6.45) is 4.60. The lowest BCUT2D eigenvalue weighted by molar-refractivity contribution is 0.0903. The Kier molecular flexibility index (Phi) is 4.29. The first-order valence-corrected chi connectivity index (χ1v) is 7.77. The molecule has 2 atom stereocenters. The quantitative estimate of drug-likeness (QED) is 0.892. The van der Waals surface area contributed by atoms with Crippen LogP contribution in [0.3, 0.4) is 0 Å². The smallest absolute Gasteiger partial charge is 0.251 e. The molecular formula is C18H21NO3. The number of hydrogen-bond donors (Lipinski definition) is 2. The molecule has 2 aromatic rings. The highest BCUT2D eigenvalue weighted by molar-refractivity contribution is 5.94. The molecule has 1 aliphatic carbocycles. The van der Waals surface area contributed by atoms with Gasteiger partial charge in [0.05, 0.1) is 6.26 Å². The van der Waals surface area contributed by atoms with Gasteiger partial charge in [0.25, 0.3) is 5.91 Å². The van der Waals surface area contributed by atoms with Gasteiger partial charge in [0.2, 0.25) is 0 Å². The molecule has 4 nitrogen and oxygen atoms in total. The van der Waals surface area contributed by atoms with Crippen LogP contribution in [0.1, 0.15) is 53.1 Å². The standard InChI is InChI=1S/C18H21NO3/c1-12(10-16(20)17-6-3-9-22-17)19-18(21)15-8-7-13-4-2-5-14(13)11-15/h3,6-9,11-12,16,20H,2,4-5,10H2,1H3,(H,19,21). The Morgan fingerprint density at radius 2 is 2.14 bits per heavy atom. The Balaban J connectivity index is 1.59. The second kappa shape index (κ2) is 6.36. The van der Waals surface area contributed by atoms with Crippen LogP contribution in [0.2, 0.25) is 0 Å². The van der Waals surface area contributed by atoms with Crippen LogP contribution in [0.4, 0.5) is 0 Å². The van der Waals surface area contributed by atoms with E-state index in [-0.39, 0.29) is 11.9 Å². The van der Waals surface area contributed by atoms with Gasteiger partial charge in [-0.15, -0.1) is 0 Å². The summed E-state index contributed by atoms with van der Waals surface area (Å²) in [6, 6.07) is 9.27. The van der Waals surface area contributed by atoms with E-state index in [1.54, 1.807) is 12.1 Å². The van der Waals surface area contributed by atoms with Gasteiger partial charge in [-0.3, -0.25) is 4.79 Å². The number of carbonyl (C=O) groups excluding carboxylic acids is 1. The molecule has 2 unspecified atom stereocenters. The molecule has 4 heteroatoms. The molecule has 1 aromatic heterocycles. The first-order valence-electron chi connectivity index (χ1n) is 7.77. The van der Waals surface area contributed by atoms with Crippen molar-refractivity contribution in [2.75, 3.05) is 0 Å². The average Bonchev–Trinajstić information content (AvgIpc) is 3.17. The zero-order valence-corrected chi connectivity index (χ0v) is 12.7. The predicted molar refractivity (Wildman–Crippen MR) is 83.7 cm³/mol. The van der Waals surface area contributed by atoms with E-state index >= 15 is 0 Å². The Labute approximate surface area is 130 Å². The molecule has 0 saturated carbocycles. The van der Waals surface area contributed by atoms with Crippen LogP contribution in [0, 0.1) is 0 Å². The molecule has 1 heterocycles. The van der Waals surface area contributed by atoms with E-state index in [0.29, 0.717) is 17.7 Å². The summed E-state index contributed by atoms with van der Waals surface area (Å²) in [7, 11) is 0. The summed E-state index contributed by atoms with van der Waals surface area (Å²) in [6.45, 7) is 1.89. The van der Waals surface area contributed by atoms with Gasteiger partial charge in [-0.05, 0) is 61.6 Å². The van der Waals surface area contributed by atoms with Gasteiger partial charge in [0.1, 0.15) is 11.9 Å². The number of rotatable bonds is 5. The number of aryl methyl sites for hydroxylation is 2. The van der Waals surface area contributed by atoms with Crippen LogP contribution in [-0.2, 0) is 12.8 Å². The van der Waals surface area contributed by atoms with E-state index in [1.807, 2.05) is 19.1 Å². The van der Waals surface area contributed by atoms with Crippen molar-refractivity contribution >= 4 is 5.91 Å². The Morgan fingerprint density at radius 3 is 2.91 bits per heavy atom. The third-order valence-corrected chi connectivity index (χ3v) is 4.19. The van der Waals surface area contributed by atoms with E-state index in [9.17, 15) is 9.90 Å². The highest BCUT2D eigenvalue weighted by atomic mass is 16.4. The number of fused-ring (bicyclic) bond motifs is 1. The molecule has 0 bridgehead atoms. The lowest BCUT2D eigenvalue weighted by Crippen LogP contribution is -2.33. The fourth-order valence-corrected chi connectivity index (χ4v) is 3.01. The summed E-state index contributed by atoms with van der Waals surface area (Å²) < 4.78 is 5.17. The maximum atomic E-state index is 12.3. The second-order valence-corrected chi connectivity index (χ2v) is 5.98. The zero-order valence-electron chi connectivity index (χ0n) is 12.7. The van der Waals surface area contributed by atoms with Crippen molar-refractivity contribution in [1.29, 1.82) is 0 Å². The number of nitrogens with one attached hydrogen (secondary N) is 1. The minimum atomic E-state index is -0.703. The van der Waals surface area contributed by atoms with Gasteiger partial charge in [0.15, 0.2) is 0 Å². The topological polar surface area (TPSA) is 62.5 Å².